The average molecular weight is 461 g/mol. The number of benzene rings is 2. The van der Waals surface area contributed by atoms with E-state index in [1.807, 2.05) is 42.5 Å². The van der Waals surface area contributed by atoms with E-state index in [1.165, 1.54) is 11.3 Å². The zero-order valence-corrected chi connectivity index (χ0v) is 19.3. The second kappa shape index (κ2) is 9.07. The van der Waals surface area contributed by atoms with Crippen LogP contribution in [-0.2, 0) is 12.8 Å². The van der Waals surface area contributed by atoms with Gasteiger partial charge in [-0.05, 0) is 49.9 Å². The molecule has 2 heterocycles. The summed E-state index contributed by atoms with van der Waals surface area (Å²) in [6.07, 6.45) is 6.07. The highest BCUT2D eigenvalue weighted by atomic mass is 32.1. The van der Waals surface area contributed by atoms with Crippen molar-refractivity contribution in [2.45, 2.75) is 25.7 Å². The smallest absolute Gasteiger partial charge is 0.261 e. The van der Waals surface area contributed by atoms with Gasteiger partial charge >= 0.3 is 0 Å². The maximum Gasteiger partial charge on any atom is 0.261 e. The van der Waals surface area contributed by atoms with Crippen molar-refractivity contribution in [3.63, 3.8) is 0 Å². The van der Waals surface area contributed by atoms with Crippen LogP contribution in [0.4, 0.5) is 5.13 Å². The van der Waals surface area contributed by atoms with Crippen molar-refractivity contribution >= 4 is 22.4 Å². The maximum absolute atomic E-state index is 13.4. The van der Waals surface area contributed by atoms with Crippen molar-refractivity contribution in [2.75, 3.05) is 19.5 Å². The molecule has 7 nitrogen and oxygen atoms in total. The Hall–Kier alpha value is -3.65. The summed E-state index contributed by atoms with van der Waals surface area (Å²) in [6, 6.07) is 15.2. The van der Waals surface area contributed by atoms with Crippen LogP contribution in [0.15, 0.2) is 54.7 Å². The summed E-state index contributed by atoms with van der Waals surface area (Å²) >= 11 is 1.56. The van der Waals surface area contributed by atoms with Crippen LogP contribution in [0.1, 0.15) is 33.8 Å². The van der Waals surface area contributed by atoms with Crippen molar-refractivity contribution in [3.8, 4) is 28.4 Å². The third kappa shape index (κ3) is 4.21. The fourth-order valence-electron chi connectivity index (χ4n) is 4.02. The maximum atomic E-state index is 13.4. The summed E-state index contributed by atoms with van der Waals surface area (Å²) in [7, 11) is 3.19. The lowest BCUT2D eigenvalue weighted by Gasteiger charge is -2.10. The molecule has 168 valence electrons. The van der Waals surface area contributed by atoms with E-state index in [4.69, 9.17) is 14.6 Å². The predicted octanol–water partition coefficient (Wildman–Crippen LogP) is 5.14. The van der Waals surface area contributed by atoms with Crippen molar-refractivity contribution in [1.29, 1.82) is 0 Å². The molecule has 1 aliphatic carbocycles. The number of carbonyl (C=O) groups is 1. The van der Waals surface area contributed by atoms with Crippen LogP contribution in [0, 0.1) is 0 Å². The lowest BCUT2D eigenvalue weighted by atomic mass is 10.0. The lowest BCUT2D eigenvalue weighted by Crippen LogP contribution is -2.12. The van der Waals surface area contributed by atoms with Gasteiger partial charge in [0.15, 0.2) is 5.13 Å². The normalized spacial score (nSPS) is 12.8. The fourth-order valence-corrected chi connectivity index (χ4v) is 5.06. The second-order valence-corrected chi connectivity index (χ2v) is 8.87. The number of amides is 1. The molecule has 0 radical (unpaired) electrons. The predicted molar refractivity (Wildman–Crippen MR) is 129 cm³/mol. The zero-order chi connectivity index (χ0) is 22.8. The Morgan fingerprint density at radius 3 is 2.64 bits per heavy atom. The van der Waals surface area contributed by atoms with Crippen molar-refractivity contribution in [1.82, 2.24) is 14.8 Å². The van der Waals surface area contributed by atoms with Crippen molar-refractivity contribution in [3.05, 3.63) is 70.9 Å². The van der Waals surface area contributed by atoms with Crippen LogP contribution >= 0.6 is 11.3 Å². The lowest BCUT2D eigenvalue weighted by molar-refractivity contribution is 0.102. The summed E-state index contributed by atoms with van der Waals surface area (Å²) in [6.45, 7) is 0. The Labute approximate surface area is 196 Å². The molecule has 33 heavy (non-hydrogen) atoms. The molecule has 0 fully saturated rings. The molecular weight excluding hydrogens is 436 g/mol. The molecule has 2 aromatic heterocycles. The van der Waals surface area contributed by atoms with Crippen molar-refractivity contribution < 1.29 is 14.3 Å². The van der Waals surface area contributed by atoms with Gasteiger partial charge in [-0.15, -0.1) is 11.3 Å². The molecule has 0 bridgehead atoms. The Balaban J connectivity index is 1.56. The number of rotatable bonds is 6. The van der Waals surface area contributed by atoms with Gasteiger partial charge in [-0.2, -0.15) is 5.10 Å². The van der Waals surface area contributed by atoms with Gasteiger partial charge in [-0.25, -0.2) is 9.67 Å². The van der Waals surface area contributed by atoms with Crippen LogP contribution in [0.3, 0.4) is 0 Å². The molecule has 0 aliphatic heterocycles. The SMILES string of the molecule is COc1ccc(-c2nn(-c3ccccc3)cc2C(=O)Nc2nc3c(s2)CCCC3)c(OC)c1. The van der Waals surface area contributed by atoms with E-state index in [1.54, 1.807) is 42.5 Å². The van der Waals surface area contributed by atoms with E-state index in [9.17, 15) is 4.79 Å². The molecular formula is C25H24N4O3S. The number of aryl methyl sites for hydroxylation is 2. The highest BCUT2D eigenvalue weighted by molar-refractivity contribution is 7.15. The Morgan fingerprint density at radius 1 is 1.06 bits per heavy atom. The minimum atomic E-state index is -0.254. The van der Waals surface area contributed by atoms with Gasteiger partial charge in [0, 0.05) is 22.7 Å². The second-order valence-electron chi connectivity index (χ2n) is 7.79. The van der Waals surface area contributed by atoms with Gasteiger partial charge in [-0.3, -0.25) is 10.1 Å². The van der Waals surface area contributed by atoms with Gasteiger partial charge in [0.1, 0.15) is 17.2 Å². The molecule has 4 aromatic rings. The van der Waals surface area contributed by atoms with Crippen molar-refractivity contribution in [2.24, 2.45) is 0 Å². The quantitative estimate of drug-likeness (QED) is 0.431. The van der Waals surface area contributed by atoms with E-state index in [2.05, 4.69) is 10.3 Å². The number of ether oxygens (including phenoxy) is 2. The highest BCUT2D eigenvalue weighted by Crippen LogP contribution is 2.36. The number of aromatic nitrogens is 3. The van der Waals surface area contributed by atoms with Gasteiger partial charge in [0.2, 0.25) is 0 Å². The molecule has 1 aliphatic rings. The summed E-state index contributed by atoms with van der Waals surface area (Å²) in [4.78, 5) is 19.4. The molecule has 8 heteroatoms. The first-order valence-corrected chi connectivity index (χ1v) is 11.7. The average Bonchev–Trinajstić information content (AvgIpc) is 3.48. The summed E-state index contributed by atoms with van der Waals surface area (Å²) < 4.78 is 12.6. The zero-order valence-electron chi connectivity index (χ0n) is 18.5. The largest absolute Gasteiger partial charge is 0.497 e. The van der Waals surface area contributed by atoms with Crippen LogP contribution in [0.25, 0.3) is 16.9 Å². The standard InChI is InChI=1S/C25H24N4O3S/c1-31-17-12-13-18(21(14-17)32-2)23-19(15-29(28-23)16-8-4-3-5-9-16)24(30)27-25-26-20-10-6-7-11-22(20)33-25/h3-5,8-9,12-15H,6-7,10-11H2,1-2H3,(H,26,27,30). The molecule has 1 N–H and O–H groups in total. The topological polar surface area (TPSA) is 78.3 Å². The first-order valence-electron chi connectivity index (χ1n) is 10.8. The summed E-state index contributed by atoms with van der Waals surface area (Å²) in [5, 5.41) is 8.39. The molecule has 1 amide bonds. The van der Waals surface area contributed by atoms with Crippen LogP contribution in [0.2, 0.25) is 0 Å². The third-order valence-electron chi connectivity index (χ3n) is 5.71. The Kier molecular flexibility index (Phi) is 5.83. The van der Waals surface area contributed by atoms with Gasteiger partial charge in [0.05, 0.1) is 31.2 Å². The summed E-state index contributed by atoms with van der Waals surface area (Å²) in [5.74, 6) is 0.986. The van der Waals surface area contributed by atoms with Gasteiger partial charge < -0.3 is 9.47 Å². The third-order valence-corrected chi connectivity index (χ3v) is 6.78. The number of methoxy groups -OCH3 is 2. The van der Waals surface area contributed by atoms with Crippen LogP contribution in [-0.4, -0.2) is 34.9 Å². The van der Waals surface area contributed by atoms with E-state index >= 15 is 0 Å². The number of nitrogens with zero attached hydrogens (tertiary/aromatic N) is 3. The van der Waals surface area contributed by atoms with E-state index in [0.29, 0.717) is 33.5 Å². The monoisotopic (exact) mass is 460 g/mol. The number of hydrogen-bond acceptors (Lipinski definition) is 6. The minimum Gasteiger partial charge on any atom is -0.497 e. The number of nitrogens with one attached hydrogen (secondary N) is 1. The van der Waals surface area contributed by atoms with E-state index in [-0.39, 0.29) is 5.91 Å². The fraction of sp³-hybridized carbons (Fsp3) is 0.240. The number of para-hydroxylation sites is 1. The Bertz CT molecular complexity index is 1270. The Morgan fingerprint density at radius 2 is 1.88 bits per heavy atom. The van der Waals surface area contributed by atoms with Crippen LogP contribution < -0.4 is 14.8 Å². The number of fused-ring (bicyclic) bond motifs is 1. The number of anilines is 1. The number of carbonyl (C=O) groups excluding carboxylic acids is 1. The van der Waals surface area contributed by atoms with E-state index < -0.39 is 0 Å². The van der Waals surface area contributed by atoms with Crippen LogP contribution in [0.5, 0.6) is 11.5 Å². The number of thiazole rings is 1. The first kappa shape index (κ1) is 21.2. The van der Waals surface area contributed by atoms with Gasteiger partial charge in [0.25, 0.3) is 5.91 Å². The minimum absolute atomic E-state index is 0.254. The summed E-state index contributed by atoms with van der Waals surface area (Å²) in [5.41, 5.74) is 3.64. The molecule has 0 spiro atoms. The highest BCUT2D eigenvalue weighted by Gasteiger charge is 2.23. The molecule has 0 saturated heterocycles. The number of hydrogen-bond donors (Lipinski definition) is 1. The van der Waals surface area contributed by atoms with Gasteiger partial charge in [-0.1, -0.05) is 18.2 Å². The molecule has 5 rings (SSSR count). The first-order chi connectivity index (χ1) is 16.2. The molecule has 0 saturated carbocycles. The molecule has 0 unspecified atom stereocenters. The molecule has 2 aromatic carbocycles. The van der Waals surface area contributed by atoms with E-state index in [0.717, 1.165) is 30.6 Å². The molecule has 0 atom stereocenters.